The summed E-state index contributed by atoms with van der Waals surface area (Å²) in [5, 5.41) is 0.635. The van der Waals surface area contributed by atoms with Crippen molar-refractivity contribution in [3.63, 3.8) is 0 Å². The number of hydrogen-bond acceptors (Lipinski definition) is 4. The Kier molecular flexibility index (Phi) is 5.56. The lowest BCUT2D eigenvalue weighted by molar-refractivity contribution is -0.118. The fraction of sp³-hybridized carbons (Fsp3) is 0.192. The van der Waals surface area contributed by atoms with Crippen LogP contribution in [-0.2, 0) is 24.8 Å². The SMILES string of the molecule is CCc1ccc(N(C(=O)CCn2c(=O)n(C)c3ccccc32)c2nc3ccccc3s2)cc1. The minimum atomic E-state index is -0.122. The monoisotopic (exact) mass is 456 g/mol. The number of carbonyl (C=O) groups excluding carboxylic acids is 1. The number of para-hydroxylation sites is 3. The predicted molar refractivity (Wildman–Crippen MR) is 134 cm³/mol. The van der Waals surface area contributed by atoms with E-state index in [1.54, 1.807) is 21.1 Å². The van der Waals surface area contributed by atoms with Gasteiger partial charge in [-0.1, -0.05) is 54.7 Å². The van der Waals surface area contributed by atoms with Crippen molar-refractivity contribution in [1.29, 1.82) is 0 Å². The smallest absolute Gasteiger partial charge is 0.295 e. The highest BCUT2D eigenvalue weighted by Gasteiger charge is 2.22. The highest BCUT2D eigenvalue weighted by Crippen LogP contribution is 2.34. The number of amides is 1. The molecule has 5 rings (SSSR count). The Labute approximate surface area is 195 Å². The number of rotatable bonds is 6. The zero-order valence-electron chi connectivity index (χ0n) is 18.6. The summed E-state index contributed by atoms with van der Waals surface area (Å²) in [6.45, 7) is 2.40. The number of fused-ring (bicyclic) bond motifs is 2. The number of nitrogens with zero attached hydrogens (tertiary/aromatic N) is 4. The van der Waals surface area contributed by atoms with Crippen molar-refractivity contribution in [2.24, 2.45) is 7.05 Å². The average Bonchev–Trinajstić information content (AvgIpc) is 3.37. The van der Waals surface area contributed by atoms with Gasteiger partial charge in [-0.05, 0) is 48.4 Å². The number of carbonyl (C=O) groups is 1. The molecule has 0 bridgehead atoms. The summed E-state index contributed by atoms with van der Waals surface area (Å²) in [5.41, 5.74) is 4.41. The van der Waals surface area contributed by atoms with E-state index in [-0.39, 0.29) is 18.0 Å². The van der Waals surface area contributed by atoms with Crippen LogP contribution in [-0.4, -0.2) is 20.0 Å². The molecule has 0 aliphatic rings. The molecule has 0 atom stereocenters. The van der Waals surface area contributed by atoms with E-state index in [1.165, 1.54) is 16.9 Å². The molecular weight excluding hydrogens is 432 g/mol. The maximum absolute atomic E-state index is 13.6. The highest BCUT2D eigenvalue weighted by atomic mass is 32.1. The minimum absolute atomic E-state index is 0.0989. The van der Waals surface area contributed by atoms with Crippen molar-refractivity contribution in [2.45, 2.75) is 26.3 Å². The standard InChI is InChI=1S/C26H24N4O2S/c1-3-18-12-14-19(15-13-18)30(25-27-20-8-4-7-11-23(20)33-25)24(31)16-17-29-22-10-6-5-9-21(22)28(2)26(29)32/h4-15H,3,16-17H2,1-2H3. The molecule has 5 aromatic rings. The Morgan fingerprint density at radius 1 is 0.970 bits per heavy atom. The normalized spacial score (nSPS) is 11.3. The van der Waals surface area contributed by atoms with E-state index in [1.807, 2.05) is 72.8 Å². The molecule has 0 aliphatic heterocycles. The Bertz CT molecular complexity index is 1480. The predicted octanol–water partition coefficient (Wildman–Crippen LogP) is 5.27. The Morgan fingerprint density at radius 3 is 2.39 bits per heavy atom. The van der Waals surface area contributed by atoms with E-state index in [0.717, 1.165) is 33.4 Å². The molecule has 166 valence electrons. The largest absolute Gasteiger partial charge is 0.328 e. The van der Waals surface area contributed by atoms with Gasteiger partial charge in [0, 0.05) is 20.0 Å². The van der Waals surface area contributed by atoms with Crippen LogP contribution in [0.4, 0.5) is 10.8 Å². The number of aryl methyl sites for hydroxylation is 3. The molecule has 0 fully saturated rings. The van der Waals surface area contributed by atoms with Gasteiger partial charge in [0.25, 0.3) is 0 Å². The van der Waals surface area contributed by atoms with E-state index >= 15 is 0 Å². The quantitative estimate of drug-likeness (QED) is 0.350. The third kappa shape index (κ3) is 3.85. The van der Waals surface area contributed by atoms with Gasteiger partial charge in [-0.25, -0.2) is 9.78 Å². The van der Waals surface area contributed by atoms with Crippen LogP contribution in [0.2, 0.25) is 0 Å². The van der Waals surface area contributed by atoms with Crippen LogP contribution in [0, 0.1) is 0 Å². The van der Waals surface area contributed by atoms with E-state index < -0.39 is 0 Å². The Hall–Kier alpha value is -3.71. The van der Waals surface area contributed by atoms with Gasteiger partial charge in [0.1, 0.15) is 0 Å². The molecule has 0 saturated carbocycles. The van der Waals surface area contributed by atoms with Crippen LogP contribution < -0.4 is 10.6 Å². The minimum Gasteiger partial charge on any atom is -0.295 e. The van der Waals surface area contributed by atoms with Crippen LogP contribution in [0.3, 0.4) is 0 Å². The van der Waals surface area contributed by atoms with Crippen LogP contribution in [0.5, 0.6) is 0 Å². The molecule has 2 aromatic heterocycles. The lowest BCUT2D eigenvalue weighted by atomic mass is 10.1. The molecular formula is C26H24N4O2S. The lowest BCUT2D eigenvalue weighted by Crippen LogP contribution is -2.29. The van der Waals surface area contributed by atoms with Gasteiger partial charge in [0.2, 0.25) is 5.91 Å². The number of anilines is 2. The first-order valence-electron chi connectivity index (χ1n) is 11.0. The van der Waals surface area contributed by atoms with Crippen LogP contribution in [0.1, 0.15) is 18.9 Å². The number of thiazole rings is 1. The molecule has 0 radical (unpaired) electrons. The first-order chi connectivity index (χ1) is 16.1. The van der Waals surface area contributed by atoms with Crippen molar-refractivity contribution < 1.29 is 4.79 Å². The summed E-state index contributed by atoms with van der Waals surface area (Å²) in [6.07, 6.45) is 1.11. The van der Waals surface area contributed by atoms with Gasteiger partial charge in [0.05, 0.1) is 26.9 Å². The second-order valence-electron chi connectivity index (χ2n) is 7.95. The second kappa shape index (κ2) is 8.67. The number of benzene rings is 3. The summed E-state index contributed by atoms with van der Waals surface area (Å²) < 4.78 is 4.32. The van der Waals surface area contributed by atoms with Crippen molar-refractivity contribution >= 4 is 49.3 Å². The van der Waals surface area contributed by atoms with Crippen molar-refractivity contribution in [3.8, 4) is 0 Å². The topological polar surface area (TPSA) is 60.1 Å². The van der Waals surface area contributed by atoms with Crippen LogP contribution >= 0.6 is 11.3 Å². The van der Waals surface area contributed by atoms with Crippen molar-refractivity contribution in [3.05, 3.63) is 88.8 Å². The van der Waals surface area contributed by atoms with Gasteiger partial charge in [0.15, 0.2) is 5.13 Å². The van der Waals surface area contributed by atoms with Crippen LogP contribution in [0.15, 0.2) is 77.6 Å². The summed E-state index contributed by atoms with van der Waals surface area (Å²) in [7, 11) is 1.76. The van der Waals surface area contributed by atoms with Crippen molar-refractivity contribution in [2.75, 3.05) is 4.90 Å². The number of hydrogen-bond donors (Lipinski definition) is 0. The van der Waals surface area contributed by atoms with E-state index in [2.05, 4.69) is 6.92 Å². The molecule has 0 unspecified atom stereocenters. The molecule has 0 N–H and O–H groups in total. The summed E-state index contributed by atoms with van der Waals surface area (Å²) >= 11 is 1.49. The maximum atomic E-state index is 13.6. The van der Waals surface area contributed by atoms with E-state index in [9.17, 15) is 9.59 Å². The lowest BCUT2D eigenvalue weighted by Gasteiger charge is -2.20. The molecule has 6 nitrogen and oxygen atoms in total. The maximum Gasteiger partial charge on any atom is 0.328 e. The van der Waals surface area contributed by atoms with Crippen molar-refractivity contribution in [1.82, 2.24) is 14.1 Å². The van der Waals surface area contributed by atoms with E-state index in [0.29, 0.717) is 11.7 Å². The van der Waals surface area contributed by atoms with E-state index in [4.69, 9.17) is 4.98 Å². The van der Waals surface area contributed by atoms with Gasteiger partial charge in [-0.15, -0.1) is 0 Å². The fourth-order valence-corrected chi connectivity index (χ4v) is 5.10. The van der Waals surface area contributed by atoms with Gasteiger partial charge >= 0.3 is 5.69 Å². The molecule has 0 spiro atoms. The summed E-state index contributed by atoms with van der Waals surface area (Å²) in [4.78, 5) is 32.8. The molecule has 33 heavy (non-hydrogen) atoms. The number of aromatic nitrogens is 3. The Morgan fingerprint density at radius 2 is 1.67 bits per heavy atom. The molecule has 0 aliphatic carbocycles. The van der Waals surface area contributed by atoms with Gasteiger partial charge in [-0.3, -0.25) is 18.8 Å². The third-order valence-electron chi connectivity index (χ3n) is 5.93. The zero-order chi connectivity index (χ0) is 22.9. The van der Waals surface area contributed by atoms with Crippen LogP contribution in [0.25, 0.3) is 21.3 Å². The molecule has 7 heteroatoms. The molecule has 3 aromatic carbocycles. The van der Waals surface area contributed by atoms with Gasteiger partial charge in [-0.2, -0.15) is 0 Å². The molecule has 0 saturated heterocycles. The first kappa shape index (κ1) is 21.2. The second-order valence-corrected chi connectivity index (χ2v) is 8.95. The zero-order valence-corrected chi connectivity index (χ0v) is 19.4. The molecule has 1 amide bonds. The fourth-order valence-electron chi connectivity index (χ4n) is 4.10. The third-order valence-corrected chi connectivity index (χ3v) is 6.95. The summed E-state index contributed by atoms with van der Waals surface area (Å²) in [5.74, 6) is -0.0989. The first-order valence-corrected chi connectivity index (χ1v) is 11.8. The number of imidazole rings is 1. The van der Waals surface area contributed by atoms with Gasteiger partial charge < -0.3 is 0 Å². The average molecular weight is 457 g/mol. The molecule has 2 heterocycles. The highest BCUT2D eigenvalue weighted by molar-refractivity contribution is 7.22. The summed E-state index contributed by atoms with van der Waals surface area (Å²) in [6, 6.07) is 23.5. The Balaban J connectivity index is 1.50.